The number of nitrogens with one attached hydrogen (secondary N) is 1. The number of benzene rings is 2. The normalized spacial score (nSPS) is 11.4. The first-order chi connectivity index (χ1) is 12.4. The van der Waals surface area contributed by atoms with E-state index < -0.39 is 18.0 Å². The number of halogens is 2. The van der Waals surface area contributed by atoms with Crippen LogP contribution in [-0.2, 0) is 14.3 Å². The summed E-state index contributed by atoms with van der Waals surface area (Å²) in [6, 6.07) is 11.5. The minimum Gasteiger partial charge on any atom is -0.493 e. The Morgan fingerprint density at radius 3 is 2.31 bits per heavy atom. The highest BCUT2D eigenvalue weighted by atomic mass is 35.5. The fraction of sp³-hybridized carbons (Fsp3) is 0.222. The van der Waals surface area contributed by atoms with Gasteiger partial charge in [-0.25, -0.2) is 4.79 Å². The van der Waals surface area contributed by atoms with Gasteiger partial charge in [0.05, 0.1) is 7.11 Å². The number of methoxy groups -OCH3 is 1. The smallest absolute Gasteiger partial charge is 0.344 e. The molecule has 0 radical (unpaired) electrons. The second-order valence-electron chi connectivity index (χ2n) is 5.22. The third kappa shape index (κ3) is 5.82. The highest BCUT2D eigenvalue weighted by Crippen LogP contribution is 2.25. The summed E-state index contributed by atoms with van der Waals surface area (Å²) in [6.45, 7) is 1.09. The average Bonchev–Trinajstić information content (AvgIpc) is 2.59. The summed E-state index contributed by atoms with van der Waals surface area (Å²) in [5.41, 5.74) is 0.403. The molecule has 0 bridgehead atoms. The van der Waals surface area contributed by atoms with Crippen LogP contribution in [0.1, 0.15) is 6.92 Å². The van der Waals surface area contributed by atoms with Gasteiger partial charge in [-0.1, -0.05) is 35.3 Å². The molecule has 26 heavy (non-hydrogen) atoms. The van der Waals surface area contributed by atoms with Crippen molar-refractivity contribution in [3.63, 3.8) is 0 Å². The summed E-state index contributed by atoms with van der Waals surface area (Å²) in [5.74, 6) is -0.321. The van der Waals surface area contributed by atoms with Gasteiger partial charge in [-0.15, -0.1) is 0 Å². The number of hydrogen-bond acceptors (Lipinski definition) is 5. The highest BCUT2D eigenvalue weighted by Gasteiger charge is 2.19. The summed E-state index contributed by atoms with van der Waals surface area (Å²) in [5, 5.41) is 3.33. The molecular formula is C18H17Cl2NO5. The van der Waals surface area contributed by atoms with Crippen molar-refractivity contribution in [2.24, 2.45) is 0 Å². The van der Waals surface area contributed by atoms with Gasteiger partial charge in [0.25, 0.3) is 5.91 Å². The molecule has 2 aromatic carbocycles. The van der Waals surface area contributed by atoms with Gasteiger partial charge >= 0.3 is 5.97 Å². The van der Waals surface area contributed by atoms with Gasteiger partial charge in [-0.3, -0.25) is 4.79 Å². The van der Waals surface area contributed by atoms with Crippen LogP contribution in [0, 0.1) is 0 Å². The quantitative estimate of drug-likeness (QED) is 0.715. The van der Waals surface area contributed by atoms with Crippen molar-refractivity contribution in [3.05, 3.63) is 52.5 Å². The van der Waals surface area contributed by atoms with Crippen LogP contribution in [0.3, 0.4) is 0 Å². The van der Waals surface area contributed by atoms with Gasteiger partial charge < -0.3 is 19.5 Å². The van der Waals surface area contributed by atoms with E-state index in [0.29, 0.717) is 27.2 Å². The fourth-order valence-electron chi connectivity index (χ4n) is 2.03. The third-order valence-electron chi connectivity index (χ3n) is 3.22. The van der Waals surface area contributed by atoms with Crippen LogP contribution in [0.25, 0.3) is 0 Å². The molecule has 2 rings (SSSR count). The summed E-state index contributed by atoms with van der Waals surface area (Å²) >= 11 is 11.7. The van der Waals surface area contributed by atoms with Crippen molar-refractivity contribution < 1.29 is 23.8 Å². The monoisotopic (exact) mass is 397 g/mol. The zero-order valence-electron chi connectivity index (χ0n) is 14.1. The first-order valence-corrected chi connectivity index (χ1v) is 8.37. The Hall–Kier alpha value is -2.44. The molecule has 138 valence electrons. The van der Waals surface area contributed by atoms with Gasteiger partial charge in [0.15, 0.2) is 24.2 Å². The molecule has 8 heteroatoms. The largest absolute Gasteiger partial charge is 0.493 e. The lowest BCUT2D eigenvalue weighted by atomic mass is 10.3. The minimum absolute atomic E-state index is 0.360. The lowest BCUT2D eigenvalue weighted by Gasteiger charge is -2.15. The minimum atomic E-state index is -1.03. The Bertz CT molecular complexity index is 777. The molecule has 0 saturated carbocycles. The molecular weight excluding hydrogens is 381 g/mol. The van der Waals surface area contributed by atoms with E-state index in [2.05, 4.69) is 5.32 Å². The van der Waals surface area contributed by atoms with E-state index in [0.717, 1.165) is 0 Å². The first-order valence-electron chi connectivity index (χ1n) is 7.61. The molecule has 1 amide bonds. The molecule has 0 saturated heterocycles. The van der Waals surface area contributed by atoms with Crippen molar-refractivity contribution in [1.29, 1.82) is 0 Å². The zero-order valence-corrected chi connectivity index (χ0v) is 15.6. The summed E-state index contributed by atoms with van der Waals surface area (Å²) in [4.78, 5) is 24.0. The molecule has 0 aliphatic heterocycles. The lowest BCUT2D eigenvalue weighted by molar-refractivity contribution is -0.155. The molecule has 1 N–H and O–H groups in total. The highest BCUT2D eigenvalue weighted by molar-refractivity contribution is 6.35. The SMILES string of the molecule is COc1ccccc1OCC(=O)O[C@H](C)C(=O)Nc1cc(Cl)cc(Cl)c1. The Labute approximate surface area is 160 Å². The van der Waals surface area contributed by atoms with Crippen molar-refractivity contribution in [3.8, 4) is 11.5 Å². The Morgan fingerprint density at radius 1 is 1.08 bits per heavy atom. The molecule has 0 aliphatic rings. The van der Waals surface area contributed by atoms with Crippen LogP contribution >= 0.6 is 23.2 Å². The maximum absolute atomic E-state index is 12.1. The van der Waals surface area contributed by atoms with Gasteiger partial charge in [-0.05, 0) is 37.3 Å². The third-order valence-corrected chi connectivity index (χ3v) is 3.66. The molecule has 6 nitrogen and oxygen atoms in total. The molecule has 0 aliphatic carbocycles. The van der Waals surface area contributed by atoms with Gasteiger partial charge in [-0.2, -0.15) is 0 Å². The molecule has 0 heterocycles. The van der Waals surface area contributed by atoms with Gasteiger partial charge in [0.2, 0.25) is 0 Å². The van der Waals surface area contributed by atoms with E-state index in [4.69, 9.17) is 37.4 Å². The molecule has 0 unspecified atom stereocenters. The van der Waals surface area contributed by atoms with Gasteiger partial charge in [0.1, 0.15) is 0 Å². The summed E-state index contributed by atoms with van der Waals surface area (Å²) in [7, 11) is 1.50. The van der Waals surface area contributed by atoms with E-state index in [9.17, 15) is 9.59 Å². The number of anilines is 1. The van der Waals surface area contributed by atoms with E-state index in [1.165, 1.54) is 32.2 Å². The summed E-state index contributed by atoms with van der Waals surface area (Å²) in [6.07, 6.45) is -1.03. The summed E-state index contributed by atoms with van der Waals surface area (Å²) < 4.78 is 15.5. The maximum atomic E-state index is 12.1. The second-order valence-corrected chi connectivity index (χ2v) is 6.09. The van der Waals surface area contributed by atoms with Crippen molar-refractivity contribution in [2.45, 2.75) is 13.0 Å². The second kappa shape index (κ2) is 9.31. The molecule has 2 aromatic rings. The number of amides is 1. The fourth-order valence-corrected chi connectivity index (χ4v) is 2.56. The average molecular weight is 398 g/mol. The maximum Gasteiger partial charge on any atom is 0.344 e. The number of hydrogen-bond donors (Lipinski definition) is 1. The van der Waals surface area contributed by atoms with Gasteiger partial charge in [0, 0.05) is 15.7 Å². The predicted octanol–water partition coefficient (Wildman–Crippen LogP) is 3.95. The van der Waals surface area contributed by atoms with Crippen molar-refractivity contribution in [2.75, 3.05) is 19.0 Å². The number of esters is 1. The van der Waals surface area contributed by atoms with Crippen LogP contribution in [0.5, 0.6) is 11.5 Å². The standard InChI is InChI=1S/C18H17Cl2NO5/c1-11(18(23)21-14-8-12(19)7-13(20)9-14)26-17(22)10-25-16-6-4-3-5-15(16)24-2/h3-9,11H,10H2,1-2H3,(H,21,23)/t11-/m1/s1. The van der Waals surface area contributed by atoms with Crippen LogP contribution in [0.2, 0.25) is 10.0 Å². The number of carbonyl (C=O) groups is 2. The molecule has 1 atom stereocenters. The number of ether oxygens (including phenoxy) is 3. The van der Waals surface area contributed by atoms with E-state index >= 15 is 0 Å². The number of carbonyl (C=O) groups excluding carboxylic acids is 2. The number of para-hydroxylation sites is 2. The molecule has 0 aromatic heterocycles. The Kier molecular flexibility index (Phi) is 7.12. The first kappa shape index (κ1) is 19.9. The van der Waals surface area contributed by atoms with Crippen LogP contribution < -0.4 is 14.8 Å². The number of rotatable bonds is 7. The van der Waals surface area contributed by atoms with E-state index in [1.54, 1.807) is 24.3 Å². The van der Waals surface area contributed by atoms with Crippen LogP contribution in [-0.4, -0.2) is 31.7 Å². The van der Waals surface area contributed by atoms with E-state index in [-0.39, 0.29) is 6.61 Å². The van der Waals surface area contributed by atoms with Crippen LogP contribution in [0.15, 0.2) is 42.5 Å². The molecule has 0 fully saturated rings. The Balaban J connectivity index is 1.86. The molecule has 0 spiro atoms. The van der Waals surface area contributed by atoms with E-state index in [1.807, 2.05) is 0 Å². The van der Waals surface area contributed by atoms with Crippen molar-refractivity contribution >= 4 is 40.8 Å². The zero-order chi connectivity index (χ0) is 19.1. The van der Waals surface area contributed by atoms with Crippen molar-refractivity contribution in [1.82, 2.24) is 0 Å². The van der Waals surface area contributed by atoms with Crippen LogP contribution in [0.4, 0.5) is 5.69 Å². The topological polar surface area (TPSA) is 73.9 Å². The lowest BCUT2D eigenvalue weighted by Crippen LogP contribution is -2.31. The predicted molar refractivity (Wildman–Crippen MR) is 99.1 cm³/mol. The Morgan fingerprint density at radius 2 is 1.69 bits per heavy atom.